The predicted molar refractivity (Wildman–Crippen MR) is 86.4 cm³/mol. The van der Waals surface area contributed by atoms with Crippen molar-refractivity contribution >= 4 is 5.91 Å². The molecule has 0 aromatic carbocycles. The van der Waals surface area contributed by atoms with Crippen molar-refractivity contribution in [3.63, 3.8) is 0 Å². The van der Waals surface area contributed by atoms with E-state index in [-0.39, 0.29) is 5.91 Å². The van der Waals surface area contributed by atoms with Gasteiger partial charge in [0.25, 0.3) is 0 Å². The number of hydrogen-bond acceptors (Lipinski definition) is 4. The lowest BCUT2D eigenvalue weighted by molar-refractivity contribution is -0.124. The number of piperidine rings is 1. The molecule has 2 aliphatic rings. The zero-order valence-electron chi connectivity index (χ0n) is 13.6. The summed E-state index contributed by atoms with van der Waals surface area (Å²) in [6.45, 7) is 2.15. The van der Waals surface area contributed by atoms with E-state index >= 15 is 0 Å². The van der Waals surface area contributed by atoms with Crippen LogP contribution in [0.4, 0.5) is 0 Å². The molecule has 2 fully saturated rings. The van der Waals surface area contributed by atoms with Crippen LogP contribution in [0.15, 0.2) is 18.5 Å². The quantitative estimate of drug-likeness (QED) is 0.897. The molecule has 1 aromatic rings. The summed E-state index contributed by atoms with van der Waals surface area (Å²) in [6, 6.07) is 4.60. The Bertz CT molecular complexity index is 556. The van der Waals surface area contributed by atoms with Gasteiger partial charge in [0.1, 0.15) is 5.54 Å². The van der Waals surface area contributed by atoms with Crippen LogP contribution < -0.4 is 5.32 Å². The van der Waals surface area contributed by atoms with E-state index in [2.05, 4.69) is 21.4 Å². The standard InChI is InChI=1S/C17H25N5O/c18-14-17(7-2-3-8-17)20-16(23)13-21-10-4-1-6-15(21)12-22-11-5-9-19-22/h5,9,11,15H,1-4,6-8,10,12-13H2,(H,20,23). The average Bonchev–Trinajstić information content (AvgIpc) is 3.21. The van der Waals surface area contributed by atoms with Gasteiger partial charge in [-0.2, -0.15) is 10.4 Å². The highest BCUT2D eigenvalue weighted by atomic mass is 16.2. The van der Waals surface area contributed by atoms with Crippen LogP contribution in [0.25, 0.3) is 0 Å². The van der Waals surface area contributed by atoms with Gasteiger partial charge in [-0.1, -0.05) is 6.42 Å². The number of nitriles is 1. The van der Waals surface area contributed by atoms with Gasteiger partial charge in [-0.15, -0.1) is 0 Å². The molecule has 1 unspecified atom stereocenters. The monoisotopic (exact) mass is 315 g/mol. The largest absolute Gasteiger partial charge is 0.337 e. The van der Waals surface area contributed by atoms with Crippen LogP contribution in [-0.4, -0.2) is 45.3 Å². The molecular weight excluding hydrogens is 290 g/mol. The number of rotatable bonds is 5. The molecule has 3 rings (SSSR count). The highest BCUT2D eigenvalue weighted by Gasteiger charge is 2.36. The zero-order valence-corrected chi connectivity index (χ0v) is 13.6. The lowest BCUT2D eigenvalue weighted by Gasteiger charge is -2.35. The van der Waals surface area contributed by atoms with E-state index in [0.717, 1.165) is 51.6 Å². The Morgan fingerprint density at radius 2 is 2.17 bits per heavy atom. The van der Waals surface area contributed by atoms with Crippen molar-refractivity contribution in [3.8, 4) is 6.07 Å². The zero-order chi connectivity index (χ0) is 16.1. The summed E-state index contributed by atoms with van der Waals surface area (Å²) in [4.78, 5) is 14.7. The highest BCUT2D eigenvalue weighted by molar-refractivity contribution is 5.79. The minimum absolute atomic E-state index is 0.0131. The first kappa shape index (κ1) is 16.0. The topological polar surface area (TPSA) is 74.0 Å². The second-order valence-corrected chi connectivity index (χ2v) is 6.80. The first-order chi connectivity index (χ1) is 11.2. The number of likely N-dealkylation sites (tertiary alicyclic amines) is 1. The Labute approximate surface area is 137 Å². The second-order valence-electron chi connectivity index (χ2n) is 6.80. The van der Waals surface area contributed by atoms with Gasteiger partial charge in [0.15, 0.2) is 0 Å². The van der Waals surface area contributed by atoms with E-state index < -0.39 is 5.54 Å². The van der Waals surface area contributed by atoms with Crippen LogP contribution in [0.2, 0.25) is 0 Å². The molecule has 1 saturated heterocycles. The van der Waals surface area contributed by atoms with E-state index in [0.29, 0.717) is 12.6 Å². The lowest BCUT2D eigenvalue weighted by atomic mass is 9.99. The van der Waals surface area contributed by atoms with Crippen LogP contribution in [-0.2, 0) is 11.3 Å². The van der Waals surface area contributed by atoms with Crippen molar-refractivity contribution in [1.82, 2.24) is 20.0 Å². The molecule has 1 aromatic heterocycles. The number of nitrogens with zero attached hydrogens (tertiary/aromatic N) is 4. The van der Waals surface area contributed by atoms with Crippen molar-refractivity contribution in [2.24, 2.45) is 0 Å². The second kappa shape index (κ2) is 7.14. The van der Waals surface area contributed by atoms with E-state index in [9.17, 15) is 10.1 Å². The maximum atomic E-state index is 12.5. The average molecular weight is 315 g/mol. The first-order valence-electron chi connectivity index (χ1n) is 8.64. The maximum absolute atomic E-state index is 12.5. The molecule has 2 heterocycles. The van der Waals surface area contributed by atoms with Crippen molar-refractivity contribution in [1.29, 1.82) is 5.26 Å². The third-order valence-electron chi connectivity index (χ3n) is 5.10. The first-order valence-corrected chi connectivity index (χ1v) is 8.64. The van der Waals surface area contributed by atoms with Crippen molar-refractivity contribution in [3.05, 3.63) is 18.5 Å². The summed E-state index contributed by atoms with van der Waals surface area (Å²) in [6.07, 6.45) is 10.8. The SMILES string of the molecule is N#CC1(NC(=O)CN2CCCCC2Cn2cccn2)CCCC1. The fourth-order valence-electron chi connectivity index (χ4n) is 3.83. The number of carbonyl (C=O) groups is 1. The Hall–Kier alpha value is -1.87. The normalized spacial score (nSPS) is 24.2. The van der Waals surface area contributed by atoms with E-state index in [1.165, 1.54) is 6.42 Å². The fourth-order valence-corrected chi connectivity index (χ4v) is 3.83. The van der Waals surface area contributed by atoms with Gasteiger partial charge in [0.05, 0.1) is 19.2 Å². The van der Waals surface area contributed by atoms with Gasteiger partial charge in [0, 0.05) is 18.4 Å². The summed E-state index contributed by atoms with van der Waals surface area (Å²) in [5.74, 6) is -0.0131. The Balaban J connectivity index is 1.58. The van der Waals surface area contributed by atoms with Crippen molar-refractivity contribution in [2.75, 3.05) is 13.1 Å². The molecule has 1 amide bonds. The molecule has 6 heteroatoms. The van der Waals surface area contributed by atoms with Gasteiger partial charge in [-0.05, 0) is 51.1 Å². The van der Waals surface area contributed by atoms with Crippen LogP contribution in [0.1, 0.15) is 44.9 Å². The maximum Gasteiger partial charge on any atom is 0.235 e. The molecule has 124 valence electrons. The third-order valence-corrected chi connectivity index (χ3v) is 5.10. The Morgan fingerprint density at radius 3 is 2.87 bits per heavy atom. The third kappa shape index (κ3) is 3.91. The molecule has 1 aliphatic heterocycles. The fraction of sp³-hybridized carbons (Fsp3) is 0.706. The van der Waals surface area contributed by atoms with Gasteiger partial charge in [0.2, 0.25) is 5.91 Å². The van der Waals surface area contributed by atoms with E-state index in [4.69, 9.17) is 0 Å². The molecule has 23 heavy (non-hydrogen) atoms. The number of hydrogen-bond donors (Lipinski definition) is 1. The van der Waals surface area contributed by atoms with Crippen LogP contribution in [0, 0.1) is 11.3 Å². The summed E-state index contributed by atoms with van der Waals surface area (Å²) in [7, 11) is 0. The van der Waals surface area contributed by atoms with E-state index in [1.807, 2.05) is 16.9 Å². The number of nitrogens with one attached hydrogen (secondary N) is 1. The van der Waals surface area contributed by atoms with Gasteiger partial charge >= 0.3 is 0 Å². The molecule has 1 saturated carbocycles. The Kier molecular flexibility index (Phi) is 4.97. The number of amides is 1. The van der Waals surface area contributed by atoms with Crippen LogP contribution >= 0.6 is 0 Å². The molecular formula is C17H25N5O. The summed E-state index contributed by atoms with van der Waals surface area (Å²) >= 11 is 0. The summed E-state index contributed by atoms with van der Waals surface area (Å²) < 4.78 is 1.94. The number of aromatic nitrogens is 2. The van der Waals surface area contributed by atoms with Gasteiger partial charge in [-0.25, -0.2) is 0 Å². The molecule has 6 nitrogen and oxygen atoms in total. The smallest absolute Gasteiger partial charge is 0.235 e. The van der Waals surface area contributed by atoms with Gasteiger partial charge in [-0.3, -0.25) is 14.4 Å². The van der Waals surface area contributed by atoms with Crippen molar-refractivity contribution in [2.45, 2.75) is 63.1 Å². The number of carbonyl (C=O) groups excluding carboxylic acids is 1. The highest BCUT2D eigenvalue weighted by Crippen LogP contribution is 2.29. The molecule has 0 bridgehead atoms. The minimum atomic E-state index is -0.621. The summed E-state index contributed by atoms with van der Waals surface area (Å²) in [5.41, 5.74) is -0.621. The molecule has 1 aliphatic carbocycles. The Morgan fingerprint density at radius 1 is 1.35 bits per heavy atom. The van der Waals surface area contributed by atoms with Crippen LogP contribution in [0.3, 0.4) is 0 Å². The van der Waals surface area contributed by atoms with Crippen molar-refractivity contribution < 1.29 is 4.79 Å². The molecule has 0 spiro atoms. The van der Waals surface area contributed by atoms with Crippen LogP contribution in [0.5, 0.6) is 0 Å². The minimum Gasteiger partial charge on any atom is -0.337 e. The molecule has 0 radical (unpaired) electrons. The predicted octanol–water partition coefficient (Wildman–Crippen LogP) is 1.69. The van der Waals surface area contributed by atoms with Gasteiger partial charge < -0.3 is 5.32 Å². The summed E-state index contributed by atoms with van der Waals surface area (Å²) in [5, 5.41) is 16.7. The molecule has 1 atom stereocenters. The lowest BCUT2D eigenvalue weighted by Crippen LogP contribution is -2.52. The molecule has 1 N–H and O–H groups in total. The van der Waals surface area contributed by atoms with E-state index in [1.54, 1.807) is 6.20 Å².